The Morgan fingerprint density at radius 1 is 1.75 bits per heavy atom. The van der Waals surface area contributed by atoms with Crippen molar-refractivity contribution >= 4 is 0 Å². The van der Waals surface area contributed by atoms with Crippen molar-refractivity contribution in [2.45, 2.75) is 13.3 Å². The smallest absolute Gasteiger partial charge is 0.272 e. The molecule has 0 atom stereocenters. The zero-order valence-corrected chi connectivity index (χ0v) is 6.82. The van der Waals surface area contributed by atoms with Gasteiger partial charge in [-0.25, -0.2) is 9.66 Å². The number of rotatable bonds is 2. The minimum Gasteiger partial charge on any atom is -0.396 e. The van der Waals surface area contributed by atoms with Gasteiger partial charge in [-0.05, 0) is 6.92 Å². The Hall–Kier alpha value is -1.36. The number of nitrogen functional groups attached to an aromatic ring is 1. The Labute approximate surface area is 69.4 Å². The summed E-state index contributed by atoms with van der Waals surface area (Å²) in [6.45, 7) is 1.65. The van der Waals surface area contributed by atoms with Crippen LogP contribution in [0.25, 0.3) is 0 Å². The Morgan fingerprint density at radius 2 is 2.42 bits per heavy atom. The summed E-state index contributed by atoms with van der Waals surface area (Å²) < 4.78 is 0.948. The summed E-state index contributed by atoms with van der Waals surface area (Å²) in [6, 6.07) is 1.35. The first-order valence-corrected chi connectivity index (χ1v) is 3.60. The molecule has 0 spiro atoms. The van der Waals surface area contributed by atoms with Crippen LogP contribution in [-0.4, -0.2) is 21.4 Å². The normalized spacial score (nSPS) is 10.2. The topological polar surface area (TPSA) is 81.1 Å². The molecule has 0 saturated heterocycles. The molecule has 1 aromatic heterocycles. The zero-order chi connectivity index (χ0) is 9.14. The lowest BCUT2D eigenvalue weighted by Gasteiger charge is -2.04. The maximum atomic E-state index is 11.1. The van der Waals surface area contributed by atoms with Crippen molar-refractivity contribution < 1.29 is 5.11 Å². The molecule has 5 nitrogen and oxygen atoms in total. The fourth-order valence-corrected chi connectivity index (χ4v) is 0.941. The van der Waals surface area contributed by atoms with Crippen LogP contribution < -0.4 is 11.4 Å². The monoisotopic (exact) mass is 169 g/mol. The molecule has 0 fully saturated rings. The summed E-state index contributed by atoms with van der Waals surface area (Å²) in [6.07, 6.45) is 0.299. The SMILES string of the molecule is Cc1cc(=O)n(N)c(CCO)n1. The lowest BCUT2D eigenvalue weighted by Crippen LogP contribution is -2.31. The van der Waals surface area contributed by atoms with E-state index in [9.17, 15) is 4.79 Å². The lowest BCUT2D eigenvalue weighted by atomic mass is 10.4. The van der Waals surface area contributed by atoms with Crippen LogP contribution in [0.4, 0.5) is 0 Å². The van der Waals surface area contributed by atoms with Crippen molar-refractivity contribution in [3.8, 4) is 0 Å². The molecule has 66 valence electrons. The first-order chi connectivity index (χ1) is 5.65. The van der Waals surface area contributed by atoms with Crippen LogP contribution in [-0.2, 0) is 6.42 Å². The third-order valence-corrected chi connectivity index (χ3v) is 1.49. The van der Waals surface area contributed by atoms with Gasteiger partial charge in [-0.1, -0.05) is 0 Å². The Morgan fingerprint density at radius 3 is 3.00 bits per heavy atom. The lowest BCUT2D eigenvalue weighted by molar-refractivity contribution is 0.295. The third-order valence-electron chi connectivity index (χ3n) is 1.49. The maximum Gasteiger partial charge on any atom is 0.272 e. The molecule has 5 heteroatoms. The van der Waals surface area contributed by atoms with Crippen LogP contribution in [0.1, 0.15) is 11.5 Å². The van der Waals surface area contributed by atoms with E-state index in [0.717, 1.165) is 4.68 Å². The van der Waals surface area contributed by atoms with Crippen LogP contribution in [0.3, 0.4) is 0 Å². The molecular weight excluding hydrogens is 158 g/mol. The first kappa shape index (κ1) is 8.73. The van der Waals surface area contributed by atoms with Gasteiger partial charge in [0.25, 0.3) is 5.56 Å². The minimum atomic E-state index is -0.300. The molecule has 3 N–H and O–H groups in total. The summed E-state index contributed by atoms with van der Waals surface area (Å²) in [5.41, 5.74) is 0.316. The van der Waals surface area contributed by atoms with E-state index >= 15 is 0 Å². The molecule has 0 radical (unpaired) electrons. The summed E-state index contributed by atoms with van der Waals surface area (Å²) in [4.78, 5) is 15.1. The van der Waals surface area contributed by atoms with Crippen LogP contribution in [0.2, 0.25) is 0 Å². The molecule has 0 bridgehead atoms. The van der Waals surface area contributed by atoms with E-state index < -0.39 is 0 Å². The highest BCUT2D eigenvalue weighted by molar-refractivity contribution is 5.02. The van der Waals surface area contributed by atoms with Crippen molar-refractivity contribution in [3.05, 3.63) is 27.9 Å². The average Bonchev–Trinajstić information content (AvgIpc) is 2.00. The number of nitrogens with two attached hydrogens (primary N) is 1. The number of aliphatic hydroxyl groups is 1. The molecule has 0 unspecified atom stereocenters. The molecule has 0 aliphatic carbocycles. The second-order valence-electron chi connectivity index (χ2n) is 2.50. The Balaban J connectivity index is 3.18. The van der Waals surface area contributed by atoms with Crippen molar-refractivity contribution in [2.24, 2.45) is 0 Å². The Bertz CT molecular complexity index is 332. The van der Waals surface area contributed by atoms with E-state index in [4.69, 9.17) is 10.9 Å². The molecule has 0 aliphatic rings. The maximum absolute atomic E-state index is 11.1. The summed E-state index contributed by atoms with van der Waals surface area (Å²) in [5.74, 6) is 5.77. The molecule has 0 amide bonds. The van der Waals surface area contributed by atoms with Gasteiger partial charge >= 0.3 is 0 Å². The van der Waals surface area contributed by atoms with Gasteiger partial charge in [0, 0.05) is 18.2 Å². The van der Waals surface area contributed by atoms with Gasteiger partial charge in [0.05, 0.1) is 6.61 Å². The average molecular weight is 169 g/mol. The summed E-state index contributed by atoms with van der Waals surface area (Å²) >= 11 is 0. The largest absolute Gasteiger partial charge is 0.396 e. The van der Waals surface area contributed by atoms with E-state index in [1.165, 1.54) is 6.07 Å². The molecule has 1 heterocycles. The molecule has 0 aliphatic heterocycles. The minimum absolute atomic E-state index is 0.0624. The number of hydrogen-bond acceptors (Lipinski definition) is 4. The molecule has 0 saturated carbocycles. The second-order valence-corrected chi connectivity index (χ2v) is 2.50. The number of nitrogens with zero attached hydrogens (tertiary/aromatic N) is 2. The van der Waals surface area contributed by atoms with Gasteiger partial charge in [-0.15, -0.1) is 0 Å². The number of hydrogen-bond donors (Lipinski definition) is 2. The van der Waals surface area contributed by atoms with Gasteiger partial charge in [-0.2, -0.15) is 0 Å². The molecule has 12 heavy (non-hydrogen) atoms. The predicted octanol–water partition coefficient (Wildman–Crippen LogP) is -1.20. The van der Waals surface area contributed by atoms with Gasteiger partial charge in [0.2, 0.25) is 0 Å². The van der Waals surface area contributed by atoms with Crippen LogP contribution in [0.5, 0.6) is 0 Å². The number of aromatic nitrogens is 2. The van der Waals surface area contributed by atoms with E-state index in [-0.39, 0.29) is 12.2 Å². The fourth-order valence-electron chi connectivity index (χ4n) is 0.941. The van der Waals surface area contributed by atoms with Gasteiger partial charge in [0.15, 0.2) is 0 Å². The van der Waals surface area contributed by atoms with Crippen LogP contribution in [0, 0.1) is 6.92 Å². The van der Waals surface area contributed by atoms with Crippen molar-refractivity contribution in [2.75, 3.05) is 12.4 Å². The highest BCUT2D eigenvalue weighted by Crippen LogP contribution is 1.91. The fraction of sp³-hybridized carbons (Fsp3) is 0.429. The molecule has 1 rings (SSSR count). The highest BCUT2D eigenvalue weighted by atomic mass is 16.3. The van der Waals surface area contributed by atoms with Gasteiger partial charge < -0.3 is 10.9 Å². The van der Waals surface area contributed by atoms with Crippen molar-refractivity contribution in [1.29, 1.82) is 0 Å². The van der Waals surface area contributed by atoms with Crippen molar-refractivity contribution in [3.63, 3.8) is 0 Å². The predicted molar refractivity (Wildman–Crippen MR) is 44.2 cm³/mol. The van der Waals surface area contributed by atoms with E-state index in [0.29, 0.717) is 17.9 Å². The van der Waals surface area contributed by atoms with Gasteiger partial charge in [-0.3, -0.25) is 4.79 Å². The van der Waals surface area contributed by atoms with E-state index in [1.807, 2.05) is 0 Å². The van der Waals surface area contributed by atoms with Gasteiger partial charge in [0.1, 0.15) is 5.82 Å². The molecular formula is C7H11N3O2. The second kappa shape index (κ2) is 3.36. The van der Waals surface area contributed by atoms with Crippen LogP contribution >= 0.6 is 0 Å². The standard InChI is InChI=1S/C7H11N3O2/c1-5-4-7(12)10(8)6(9-5)2-3-11/h4,11H,2-3,8H2,1H3. The van der Waals surface area contributed by atoms with Crippen LogP contribution in [0.15, 0.2) is 10.9 Å². The molecule has 0 aromatic carbocycles. The first-order valence-electron chi connectivity index (χ1n) is 3.60. The van der Waals surface area contributed by atoms with E-state index in [2.05, 4.69) is 4.98 Å². The summed E-state index contributed by atoms with van der Waals surface area (Å²) in [7, 11) is 0. The highest BCUT2D eigenvalue weighted by Gasteiger charge is 2.02. The summed E-state index contributed by atoms with van der Waals surface area (Å²) in [5, 5.41) is 8.61. The number of aliphatic hydroxyl groups excluding tert-OH is 1. The quantitative estimate of drug-likeness (QED) is 0.545. The van der Waals surface area contributed by atoms with E-state index in [1.54, 1.807) is 6.92 Å². The number of aryl methyl sites for hydroxylation is 1. The van der Waals surface area contributed by atoms with Crippen molar-refractivity contribution in [1.82, 2.24) is 9.66 Å². The Kier molecular flexibility index (Phi) is 2.44. The molecule has 1 aromatic rings. The third kappa shape index (κ3) is 1.62. The zero-order valence-electron chi connectivity index (χ0n) is 6.82.